The van der Waals surface area contributed by atoms with Gasteiger partial charge in [0.15, 0.2) is 0 Å². The third-order valence-electron chi connectivity index (χ3n) is 5.64. The van der Waals surface area contributed by atoms with E-state index in [-0.39, 0.29) is 0 Å². The van der Waals surface area contributed by atoms with Crippen molar-refractivity contribution < 1.29 is 0 Å². The highest BCUT2D eigenvalue weighted by atomic mass is 15.2. The molecule has 1 heterocycles. The molecule has 0 aromatic rings. The molecule has 2 bridgehead atoms. The van der Waals surface area contributed by atoms with Gasteiger partial charge in [-0.2, -0.15) is 0 Å². The van der Waals surface area contributed by atoms with Crippen molar-refractivity contribution in [3.8, 4) is 0 Å². The largest absolute Gasteiger partial charge is 0.311 e. The van der Waals surface area contributed by atoms with Crippen molar-refractivity contribution >= 4 is 0 Å². The van der Waals surface area contributed by atoms with E-state index in [2.05, 4.69) is 31.0 Å². The van der Waals surface area contributed by atoms with Crippen molar-refractivity contribution in [1.82, 2.24) is 10.2 Å². The normalized spacial score (nSPS) is 45.0. The lowest BCUT2D eigenvalue weighted by molar-refractivity contribution is 0.0165. The van der Waals surface area contributed by atoms with Crippen LogP contribution in [0.1, 0.15) is 52.9 Å². The Kier molecular flexibility index (Phi) is 3.68. The summed E-state index contributed by atoms with van der Waals surface area (Å²) in [6.45, 7) is 9.79. The van der Waals surface area contributed by atoms with Gasteiger partial charge in [-0.1, -0.05) is 13.3 Å². The summed E-state index contributed by atoms with van der Waals surface area (Å²) in [7, 11) is 0. The minimum absolute atomic E-state index is 0.734. The topological polar surface area (TPSA) is 15.3 Å². The smallest absolute Gasteiger partial charge is 0.0151 e. The minimum atomic E-state index is 0.734. The zero-order valence-corrected chi connectivity index (χ0v) is 12.4. The van der Waals surface area contributed by atoms with Crippen LogP contribution in [0.15, 0.2) is 0 Å². The SMILES string of the molecule is CC1CC(NC2C3CCCC2CN(C(C)C)C3)C1. The lowest BCUT2D eigenvalue weighted by Gasteiger charge is -2.51. The van der Waals surface area contributed by atoms with Crippen LogP contribution in [0, 0.1) is 17.8 Å². The van der Waals surface area contributed by atoms with Crippen LogP contribution in [0.5, 0.6) is 0 Å². The van der Waals surface area contributed by atoms with Gasteiger partial charge in [-0.25, -0.2) is 0 Å². The number of piperidine rings is 1. The van der Waals surface area contributed by atoms with E-state index in [1.54, 1.807) is 0 Å². The molecule has 1 N–H and O–H groups in total. The van der Waals surface area contributed by atoms with Gasteiger partial charge in [-0.05, 0) is 57.3 Å². The van der Waals surface area contributed by atoms with Gasteiger partial charge in [0.1, 0.15) is 0 Å². The molecule has 2 nitrogen and oxygen atoms in total. The van der Waals surface area contributed by atoms with Gasteiger partial charge >= 0.3 is 0 Å². The summed E-state index contributed by atoms with van der Waals surface area (Å²) in [6.07, 6.45) is 7.23. The lowest BCUT2D eigenvalue weighted by Crippen LogP contribution is -2.61. The van der Waals surface area contributed by atoms with Crippen LogP contribution < -0.4 is 5.32 Å². The van der Waals surface area contributed by atoms with E-state index in [1.807, 2.05) is 0 Å². The van der Waals surface area contributed by atoms with Crippen molar-refractivity contribution in [2.24, 2.45) is 17.8 Å². The van der Waals surface area contributed by atoms with Crippen molar-refractivity contribution in [1.29, 1.82) is 0 Å². The van der Waals surface area contributed by atoms with Gasteiger partial charge in [0.05, 0.1) is 0 Å². The summed E-state index contributed by atoms with van der Waals surface area (Å²) >= 11 is 0. The Morgan fingerprint density at radius 2 is 1.67 bits per heavy atom. The first-order valence-electron chi connectivity index (χ1n) is 8.13. The van der Waals surface area contributed by atoms with E-state index in [0.717, 1.165) is 35.9 Å². The highest BCUT2D eigenvalue weighted by Crippen LogP contribution is 2.37. The van der Waals surface area contributed by atoms with Crippen LogP contribution in [0.2, 0.25) is 0 Å². The van der Waals surface area contributed by atoms with Gasteiger partial charge in [0.25, 0.3) is 0 Å². The molecule has 0 radical (unpaired) electrons. The fourth-order valence-electron chi connectivity index (χ4n) is 4.48. The number of hydrogen-bond acceptors (Lipinski definition) is 2. The van der Waals surface area contributed by atoms with E-state index < -0.39 is 0 Å². The Morgan fingerprint density at radius 1 is 1.06 bits per heavy atom. The van der Waals surface area contributed by atoms with Gasteiger partial charge in [0, 0.05) is 31.2 Å². The fraction of sp³-hybridized carbons (Fsp3) is 1.00. The first-order chi connectivity index (χ1) is 8.63. The van der Waals surface area contributed by atoms with E-state index in [9.17, 15) is 0 Å². The molecule has 2 heteroatoms. The van der Waals surface area contributed by atoms with Gasteiger partial charge in [-0.15, -0.1) is 0 Å². The Bertz CT molecular complexity index is 269. The number of rotatable bonds is 3. The molecule has 3 rings (SSSR count). The summed E-state index contributed by atoms with van der Waals surface area (Å²) in [5, 5.41) is 4.02. The highest BCUT2D eigenvalue weighted by Gasteiger charge is 2.41. The van der Waals surface area contributed by atoms with Crippen LogP contribution in [-0.4, -0.2) is 36.1 Å². The second kappa shape index (κ2) is 5.13. The maximum atomic E-state index is 4.02. The molecule has 18 heavy (non-hydrogen) atoms. The quantitative estimate of drug-likeness (QED) is 0.828. The molecule has 2 aliphatic carbocycles. The first kappa shape index (κ1) is 12.9. The van der Waals surface area contributed by atoms with Crippen molar-refractivity contribution in [2.45, 2.75) is 71.0 Å². The molecular formula is C16H30N2. The minimum Gasteiger partial charge on any atom is -0.311 e. The summed E-state index contributed by atoms with van der Waals surface area (Å²) < 4.78 is 0. The molecular weight excluding hydrogens is 220 g/mol. The maximum Gasteiger partial charge on any atom is 0.0151 e. The van der Waals surface area contributed by atoms with Crippen molar-refractivity contribution in [3.05, 3.63) is 0 Å². The van der Waals surface area contributed by atoms with E-state index in [0.29, 0.717) is 0 Å². The molecule has 1 saturated heterocycles. The average Bonchev–Trinajstić information content (AvgIpc) is 2.26. The predicted octanol–water partition coefficient (Wildman–Crippen LogP) is 2.88. The number of hydrogen-bond donors (Lipinski definition) is 1. The second-order valence-corrected chi connectivity index (χ2v) is 7.46. The molecule has 3 fully saturated rings. The Morgan fingerprint density at radius 3 is 2.17 bits per heavy atom. The van der Waals surface area contributed by atoms with Crippen LogP contribution in [0.25, 0.3) is 0 Å². The molecule has 2 saturated carbocycles. The zero-order valence-electron chi connectivity index (χ0n) is 12.4. The Labute approximate surface area is 113 Å². The first-order valence-corrected chi connectivity index (χ1v) is 8.13. The molecule has 2 unspecified atom stereocenters. The Hall–Kier alpha value is -0.0800. The van der Waals surface area contributed by atoms with Crippen LogP contribution in [0.3, 0.4) is 0 Å². The molecule has 0 aromatic heterocycles. The van der Waals surface area contributed by atoms with Crippen molar-refractivity contribution in [3.63, 3.8) is 0 Å². The van der Waals surface area contributed by atoms with E-state index in [4.69, 9.17) is 0 Å². The van der Waals surface area contributed by atoms with Gasteiger partial charge in [-0.3, -0.25) is 0 Å². The molecule has 3 aliphatic rings. The summed E-state index contributed by atoms with van der Waals surface area (Å²) in [4.78, 5) is 2.72. The number of nitrogens with zero attached hydrogens (tertiary/aromatic N) is 1. The molecule has 2 atom stereocenters. The number of nitrogens with one attached hydrogen (secondary N) is 1. The maximum absolute atomic E-state index is 4.02. The average molecular weight is 250 g/mol. The molecule has 0 spiro atoms. The second-order valence-electron chi connectivity index (χ2n) is 7.46. The van der Waals surface area contributed by atoms with Crippen molar-refractivity contribution in [2.75, 3.05) is 13.1 Å². The van der Waals surface area contributed by atoms with Crippen LogP contribution >= 0.6 is 0 Å². The van der Waals surface area contributed by atoms with Crippen LogP contribution in [0.4, 0.5) is 0 Å². The third-order valence-corrected chi connectivity index (χ3v) is 5.64. The van der Waals surface area contributed by atoms with Crippen LogP contribution in [-0.2, 0) is 0 Å². The molecule has 104 valence electrons. The van der Waals surface area contributed by atoms with E-state index in [1.165, 1.54) is 45.2 Å². The lowest BCUT2D eigenvalue weighted by atomic mass is 9.71. The fourth-order valence-corrected chi connectivity index (χ4v) is 4.48. The van der Waals surface area contributed by atoms with E-state index >= 15 is 0 Å². The predicted molar refractivity (Wildman–Crippen MR) is 76.6 cm³/mol. The number of fused-ring (bicyclic) bond motifs is 2. The zero-order chi connectivity index (χ0) is 12.7. The summed E-state index contributed by atoms with van der Waals surface area (Å²) in [5.74, 6) is 2.82. The molecule has 0 aromatic carbocycles. The van der Waals surface area contributed by atoms with Gasteiger partial charge < -0.3 is 10.2 Å². The summed E-state index contributed by atoms with van der Waals surface area (Å²) in [6, 6.07) is 2.42. The monoisotopic (exact) mass is 250 g/mol. The summed E-state index contributed by atoms with van der Waals surface area (Å²) in [5.41, 5.74) is 0. The standard InChI is InChI=1S/C16H30N2/c1-11(2)18-9-13-5-4-6-14(10-18)16(13)17-15-7-12(3)8-15/h11-17H,4-10H2,1-3H3. The molecule has 1 aliphatic heterocycles. The third kappa shape index (κ3) is 2.46. The Balaban J connectivity index is 1.61. The van der Waals surface area contributed by atoms with Gasteiger partial charge in [0.2, 0.25) is 0 Å². The molecule has 0 amide bonds. The highest BCUT2D eigenvalue weighted by molar-refractivity contribution is 4.98. The number of likely N-dealkylation sites (tertiary alicyclic amines) is 1.